The highest BCUT2D eigenvalue weighted by Crippen LogP contribution is 2.49. The van der Waals surface area contributed by atoms with Gasteiger partial charge in [0, 0.05) is 43.6 Å². The Morgan fingerprint density at radius 2 is 1.67 bits per heavy atom. The normalized spacial score (nSPS) is 24.7. The fraction of sp³-hybridized carbons (Fsp3) is 0.424. The molecule has 4 heterocycles. The molecule has 9 heteroatoms. The molecule has 0 radical (unpaired) electrons. The van der Waals surface area contributed by atoms with Crippen LogP contribution in [-0.2, 0) is 5.60 Å². The molecule has 1 unspecified atom stereocenters. The predicted molar refractivity (Wildman–Crippen MR) is 164 cm³/mol. The van der Waals surface area contributed by atoms with Crippen LogP contribution < -0.4 is 10.2 Å². The highest BCUT2D eigenvalue weighted by molar-refractivity contribution is 5.94. The molecule has 7 rings (SSSR count). The van der Waals surface area contributed by atoms with E-state index in [1.807, 2.05) is 83.3 Å². The number of carbonyl (C=O) groups is 1. The summed E-state index contributed by atoms with van der Waals surface area (Å²) in [4.78, 5) is 24.6. The van der Waals surface area contributed by atoms with Gasteiger partial charge in [-0.3, -0.25) is 4.79 Å². The number of amides is 1. The molecule has 2 aromatic heterocycles. The molecule has 2 aliphatic heterocycles. The van der Waals surface area contributed by atoms with Crippen molar-refractivity contribution in [2.45, 2.75) is 37.3 Å². The van der Waals surface area contributed by atoms with Crippen LogP contribution in [0.3, 0.4) is 0 Å². The minimum Gasteiger partial charge on any atom is -0.385 e. The van der Waals surface area contributed by atoms with Crippen molar-refractivity contribution in [3.05, 3.63) is 84.1 Å². The molecular formula is C33H39N7O2. The summed E-state index contributed by atoms with van der Waals surface area (Å²) >= 11 is 0. The highest BCUT2D eigenvalue weighted by atomic mass is 16.3. The monoisotopic (exact) mass is 565 g/mol. The first kappa shape index (κ1) is 26.9. The third-order valence-electron chi connectivity index (χ3n) is 9.71. The number of piperidine rings is 1. The van der Waals surface area contributed by atoms with Crippen molar-refractivity contribution >= 4 is 28.9 Å². The van der Waals surface area contributed by atoms with E-state index in [0.717, 1.165) is 74.4 Å². The number of pyridine rings is 1. The Morgan fingerprint density at radius 3 is 2.36 bits per heavy atom. The molecule has 0 spiro atoms. The number of nitrogens with zero attached hydrogens (tertiary/aromatic N) is 6. The zero-order valence-electron chi connectivity index (χ0n) is 24.4. The van der Waals surface area contributed by atoms with E-state index in [9.17, 15) is 9.90 Å². The van der Waals surface area contributed by atoms with Gasteiger partial charge >= 0.3 is 0 Å². The predicted octanol–water partition coefficient (Wildman–Crippen LogP) is 4.37. The van der Waals surface area contributed by atoms with Gasteiger partial charge in [-0.1, -0.05) is 30.3 Å². The third kappa shape index (κ3) is 5.01. The SMILES string of the molecule is CN1CCC(N(C)C(=O)c2ccc(Nc3nc4c(N5C[C@@H]6CC(O)(c7ccccc7)C[C@@H]6C5)cccn4n3)cc2)CC1. The Bertz CT molecular complexity index is 1550. The Hall–Kier alpha value is -3.95. The summed E-state index contributed by atoms with van der Waals surface area (Å²) in [5.41, 5.74) is 3.69. The van der Waals surface area contributed by atoms with Crippen LogP contribution in [0.15, 0.2) is 72.9 Å². The molecule has 3 aliphatic rings. The second-order valence-corrected chi connectivity index (χ2v) is 12.5. The van der Waals surface area contributed by atoms with Crippen LogP contribution in [0, 0.1) is 11.8 Å². The van der Waals surface area contributed by atoms with Gasteiger partial charge in [0.25, 0.3) is 5.91 Å². The maximum atomic E-state index is 13.1. The van der Waals surface area contributed by atoms with Gasteiger partial charge in [-0.15, -0.1) is 5.10 Å². The van der Waals surface area contributed by atoms with Crippen LogP contribution in [0.2, 0.25) is 0 Å². The lowest BCUT2D eigenvalue weighted by atomic mass is 9.90. The summed E-state index contributed by atoms with van der Waals surface area (Å²) in [6.45, 7) is 3.85. The number of anilines is 3. The van der Waals surface area contributed by atoms with Gasteiger partial charge in [-0.25, -0.2) is 4.52 Å². The number of hydrogen-bond acceptors (Lipinski definition) is 7. The summed E-state index contributed by atoms with van der Waals surface area (Å²) in [6.07, 6.45) is 5.51. The Morgan fingerprint density at radius 1 is 0.976 bits per heavy atom. The van der Waals surface area contributed by atoms with Crippen molar-refractivity contribution < 1.29 is 9.90 Å². The summed E-state index contributed by atoms with van der Waals surface area (Å²) in [5.74, 6) is 1.46. The summed E-state index contributed by atoms with van der Waals surface area (Å²) in [5, 5.41) is 19.4. The van der Waals surface area contributed by atoms with Crippen LogP contribution >= 0.6 is 0 Å². The topological polar surface area (TPSA) is 89.2 Å². The Balaban J connectivity index is 1.02. The van der Waals surface area contributed by atoms with Crippen molar-refractivity contribution in [3.63, 3.8) is 0 Å². The number of benzene rings is 2. The average Bonchev–Trinajstić information content (AvgIpc) is 3.69. The molecule has 1 saturated carbocycles. The second kappa shape index (κ2) is 10.7. The van der Waals surface area contributed by atoms with Gasteiger partial charge in [-0.2, -0.15) is 4.98 Å². The maximum Gasteiger partial charge on any atom is 0.253 e. The van der Waals surface area contributed by atoms with Gasteiger partial charge in [-0.05, 0) is 99.6 Å². The number of carbonyl (C=O) groups excluding carboxylic acids is 1. The highest BCUT2D eigenvalue weighted by Gasteiger charge is 2.49. The molecule has 9 nitrogen and oxygen atoms in total. The summed E-state index contributed by atoms with van der Waals surface area (Å²) in [6, 6.07) is 22.1. The molecule has 1 amide bonds. The number of rotatable bonds is 6. The quantitative estimate of drug-likeness (QED) is 0.359. The number of nitrogens with one attached hydrogen (secondary N) is 1. The number of hydrogen-bond donors (Lipinski definition) is 2. The number of aliphatic hydroxyl groups is 1. The zero-order chi connectivity index (χ0) is 28.8. The molecule has 1 aliphatic carbocycles. The lowest BCUT2D eigenvalue weighted by Crippen LogP contribution is -2.44. The standard InChI is InChI=1S/C33H39N7O2/c1-37-17-14-28(15-18-37)38(2)31(41)23-10-12-27(13-11-23)34-32-35-30-29(9-6-16-40(30)36-32)39-21-24-19-33(42,20-25(24)22-39)26-7-4-3-5-8-26/h3-13,16,24-25,28,42H,14-15,17-22H2,1-2H3,(H,34,36)/t24-,25+,33?. The summed E-state index contributed by atoms with van der Waals surface area (Å²) < 4.78 is 1.82. The van der Waals surface area contributed by atoms with Gasteiger partial charge in [0.2, 0.25) is 5.95 Å². The van der Waals surface area contributed by atoms with Gasteiger partial charge < -0.3 is 25.1 Å². The molecule has 2 N–H and O–H groups in total. The van der Waals surface area contributed by atoms with Crippen LogP contribution in [0.1, 0.15) is 41.6 Å². The van der Waals surface area contributed by atoms with Crippen LogP contribution in [0.25, 0.3) is 5.65 Å². The first-order valence-electron chi connectivity index (χ1n) is 15.1. The van der Waals surface area contributed by atoms with Crippen LogP contribution in [0.4, 0.5) is 17.3 Å². The Labute approximate surface area is 246 Å². The minimum atomic E-state index is -0.733. The van der Waals surface area contributed by atoms with Gasteiger partial charge in [0.05, 0.1) is 11.3 Å². The van der Waals surface area contributed by atoms with Crippen molar-refractivity contribution in [1.82, 2.24) is 24.4 Å². The van der Waals surface area contributed by atoms with E-state index in [-0.39, 0.29) is 11.9 Å². The first-order chi connectivity index (χ1) is 20.4. The van der Waals surface area contributed by atoms with Crippen molar-refractivity contribution in [3.8, 4) is 0 Å². The second-order valence-electron chi connectivity index (χ2n) is 12.5. The Kier molecular flexibility index (Phi) is 6.86. The van der Waals surface area contributed by atoms with E-state index in [2.05, 4.69) is 33.3 Å². The van der Waals surface area contributed by atoms with E-state index in [1.165, 1.54) is 0 Å². The lowest BCUT2D eigenvalue weighted by molar-refractivity contribution is 0.0365. The number of fused-ring (bicyclic) bond motifs is 2. The van der Waals surface area contributed by atoms with E-state index >= 15 is 0 Å². The largest absolute Gasteiger partial charge is 0.385 e. The van der Waals surface area contributed by atoms with Crippen LogP contribution in [-0.4, -0.2) is 81.7 Å². The fourth-order valence-electron chi connectivity index (χ4n) is 7.30. The minimum absolute atomic E-state index is 0.0594. The maximum absolute atomic E-state index is 13.1. The van der Waals surface area contributed by atoms with Crippen LogP contribution in [0.5, 0.6) is 0 Å². The number of aromatic nitrogens is 3. The van der Waals surface area contributed by atoms with E-state index < -0.39 is 5.60 Å². The fourth-order valence-corrected chi connectivity index (χ4v) is 7.30. The van der Waals surface area contributed by atoms with Gasteiger partial charge in [0.1, 0.15) is 0 Å². The van der Waals surface area contributed by atoms with Crippen molar-refractivity contribution in [2.24, 2.45) is 11.8 Å². The third-order valence-corrected chi connectivity index (χ3v) is 9.71. The van der Waals surface area contributed by atoms with E-state index in [4.69, 9.17) is 4.98 Å². The lowest BCUT2D eigenvalue weighted by Gasteiger charge is -2.35. The molecule has 42 heavy (non-hydrogen) atoms. The molecular weight excluding hydrogens is 526 g/mol. The van der Waals surface area contributed by atoms with Crippen molar-refractivity contribution in [2.75, 3.05) is 50.5 Å². The molecule has 0 bridgehead atoms. The van der Waals surface area contributed by atoms with E-state index in [0.29, 0.717) is 23.3 Å². The molecule has 2 saturated heterocycles. The smallest absolute Gasteiger partial charge is 0.253 e. The molecule has 218 valence electrons. The van der Waals surface area contributed by atoms with Gasteiger partial charge in [0.15, 0.2) is 5.65 Å². The first-order valence-corrected chi connectivity index (χ1v) is 15.1. The van der Waals surface area contributed by atoms with Crippen molar-refractivity contribution in [1.29, 1.82) is 0 Å². The molecule has 4 aromatic rings. The van der Waals surface area contributed by atoms with E-state index in [1.54, 1.807) is 0 Å². The summed E-state index contributed by atoms with van der Waals surface area (Å²) in [7, 11) is 4.05. The molecule has 3 atom stereocenters. The average molecular weight is 566 g/mol. The molecule has 3 fully saturated rings. The zero-order valence-corrected chi connectivity index (χ0v) is 24.4. The number of likely N-dealkylation sites (tertiary alicyclic amines) is 1. The molecule has 2 aromatic carbocycles.